The molecule has 22 heavy (non-hydrogen) atoms. The van der Waals surface area contributed by atoms with Gasteiger partial charge in [0.2, 0.25) is 15.8 Å². The van der Waals surface area contributed by atoms with Crippen molar-refractivity contribution < 1.29 is 13.3 Å². The van der Waals surface area contributed by atoms with Gasteiger partial charge >= 0.3 is 5.69 Å². The van der Waals surface area contributed by atoms with E-state index in [9.17, 15) is 18.5 Å². The number of nitro groups is 1. The predicted octanol–water partition coefficient (Wildman–Crippen LogP) is 1.61. The lowest BCUT2D eigenvalue weighted by atomic mass is 10.1. The minimum atomic E-state index is -3.95. The highest BCUT2D eigenvalue weighted by Gasteiger charge is 2.23. The molecule has 1 heterocycles. The van der Waals surface area contributed by atoms with E-state index in [1.807, 2.05) is 6.07 Å². The van der Waals surface area contributed by atoms with Crippen molar-refractivity contribution in [3.63, 3.8) is 0 Å². The first-order valence-corrected chi connectivity index (χ1v) is 7.77. The number of nitrogen functional groups attached to an aromatic ring is 1. The maximum Gasteiger partial charge on any atom is 0.312 e. The second-order valence-electron chi connectivity index (χ2n) is 4.59. The summed E-state index contributed by atoms with van der Waals surface area (Å²) in [5.41, 5.74) is 5.58. The number of nitrogens with one attached hydrogen (secondary N) is 1. The quantitative estimate of drug-likeness (QED) is 0.635. The van der Waals surface area contributed by atoms with Crippen LogP contribution in [0.2, 0.25) is 0 Å². The van der Waals surface area contributed by atoms with Crippen LogP contribution < -0.4 is 10.5 Å². The van der Waals surface area contributed by atoms with Gasteiger partial charge < -0.3 is 5.73 Å². The highest BCUT2D eigenvalue weighted by Crippen LogP contribution is 2.23. The highest BCUT2D eigenvalue weighted by atomic mass is 32.2. The van der Waals surface area contributed by atoms with Crippen LogP contribution in [0.1, 0.15) is 18.5 Å². The third-order valence-corrected chi connectivity index (χ3v) is 4.52. The standard InChI is InChI=1S/C13H14N4O4S/c1-9(10-5-3-2-4-6-10)16-22(20,21)11-7-12(17(18)19)13(14)15-8-11/h2-9,16H,1H3,(H2,14,15). The molecule has 1 aromatic heterocycles. The van der Waals surface area contributed by atoms with Crippen LogP contribution in [0.15, 0.2) is 47.5 Å². The van der Waals surface area contributed by atoms with E-state index in [-0.39, 0.29) is 10.7 Å². The Labute approximate surface area is 127 Å². The fourth-order valence-electron chi connectivity index (χ4n) is 1.85. The van der Waals surface area contributed by atoms with Crippen molar-refractivity contribution in [3.8, 4) is 0 Å². The fraction of sp³-hybridized carbons (Fsp3) is 0.154. The van der Waals surface area contributed by atoms with E-state index in [1.165, 1.54) is 0 Å². The van der Waals surface area contributed by atoms with Gasteiger partial charge in [-0.25, -0.2) is 18.1 Å². The lowest BCUT2D eigenvalue weighted by Gasteiger charge is -2.14. The second-order valence-corrected chi connectivity index (χ2v) is 6.30. The molecular weight excluding hydrogens is 308 g/mol. The van der Waals surface area contributed by atoms with Gasteiger partial charge in [0.05, 0.1) is 4.92 Å². The topological polar surface area (TPSA) is 128 Å². The molecule has 0 spiro atoms. The monoisotopic (exact) mass is 322 g/mol. The molecule has 2 rings (SSSR count). The largest absolute Gasteiger partial charge is 0.378 e. The Bertz CT molecular complexity index is 793. The maximum absolute atomic E-state index is 12.3. The number of hydrogen-bond donors (Lipinski definition) is 2. The van der Waals surface area contributed by atoms with E-state index in [1.54, 1.807) is 31.2 Å². The van der Waals surface area contributed by atoms with Crippen LogP contribution in [-0.2, 0) is 10.0 Å². The molecule has 0 aliphatic rings. The van der Waals surface area contributed by atoms with Gasteiger partial charge in [-0.3, -0.25) is 10.1 Å². The van der Waals surface area contributed by atoms with Crippen molar-refractivity contribution in [2.45, 2.75) is 17.9 Å². The molecule has 8 nitrogen and oxygen atoms in total. The average Bonchev–Trinajstić information content (AvgIpc) is 2.47. The Balaban J connectivity index is 2.31. The summed E-state index contributed by atoms with van der Waals surface area (Å²) in [6.07, 6.45) is 0.988. The maximum atomic E-state index is 12.3. The molecule has 1 unspecified atom stereocenters. The zero-order valence-corrected chi connectivity index (χ0v) is 12.4. The lowest BCUT2D eigenvalue weighted by Crippen LogP contribution is -2.27. The summed E-state index contributed by atoms with van der Waals surface area (Å²) < 4.78 is 27.0. The number of rotatable bonds is 5. The van der Waals surface area contributed by atoms with Gasteiger partial charge in [-0.05, 0) is 12.5 Å². The summed E-state index contributed by atoms with van der Waals surface area (Å²) in [4.78, 5) is 13.3. The number of nitrogens with zero attached hydrogens (tertiary/aromatic N) is 2. The molecule has 116 valence electrons. The molecule has 0 fully saturated rings. The van der Waals surface area contributed by atoms with Gasteiger partial charge in [0, 0.05) is 18.3 Å². The summed E-state index contributed by atoms with van der Waals surface area (Å²) in [5.74, 6) is -0.333. The van der Waals surface area contributed by atoms with E-state index >= 15 is 0 Å². The number of benzene rings is 1. The number of hydrogen-bond acceptors (Lipinski definition) is 6. The smallest absolute Gasteiger partial charge is 0.312 e. The Morgan fingerprint density at radius 2 is 1.95 bits per heavy atom. The zero-order chi connectivity index (χ0) is 16.3. The summed E-state index contributed by atoms with van der Waals surface area (Å²) in [5, 5.41) is 10.8. The van der Waals surface area contributed by atoms with Crippen LogP contribution in [0.4, 0.5) is 11.5 Å². The summed E-state index contributed by atoms with van der Waals surface area (Å²) in [7, 11) is -3.95. The van der Waals surface area contributed by atoms with Crippen molar-refractivity contribution in [1.82, 2.24) is 9.71 Å². The van der Waals surface area contributed by atoms with Crippen molar-refractivity contribution in [2.24, 2.45) is 0 Å². The van der Waals surface area contributed by atoms with Gasteiger partial charge in [0.25, 0.3) is 0 Å². The number of nitrogens with two attached hydrogens (primary N) is 1. The molecule has 0 aliphatic heterocycles. The van der Waals surface area contributed by atoms with Crippen LogP contribution in [0.3, 0.4) is 0 Å². The van der Waals surface area contributed by atoms with E-state index in [2.05, 4.69) is 9.71 Å². The summed E-state index contributed by atoms with van der Waals surface area (Å²) in [6.45, 7) is 1.67. The number of aromatic nitrogens is 1. The van der Waals surface area contributed by atoms with Crippen molar-refractivity contribution in [2.75, 3.05) is 5.73 Å². The summed E-state index contributed by atoms with van der Waals surface area (Å²) in [6, 6.07) is 9.34. The third kappa shape index (κ3) is 3.38. The van der Waals surface area contributed by atoms with Crippen LogP contribution in [-0.4, -0.2) is 18.3 Å². The predicted molar refractivity (Wildman–Crippen MR) is 80.5 cm³/mol. The van der Waals surface area contributed by atoms with Gasteiger partial charge in [0.1, 0.15) is 4.90 Å². The minimum Gasteiger partial charge on any atom is -0.378 e. The molecule has 0 aliphatic carbocycles. The Morgan fingerprint density at radius 3 is 2.55 bits per heavy atom. The van der Waals surface area contributed by atoms with Gasteiger partial charge in [0.15, 0.2) is 0 Å². The molecule has 9 heteroatoms. The Morgan fingerprint density at radius 1 is 1.32 bits per heavy atom. The fourth-order valence-corrected chi connectivity index (χ4v) is 3.04. The molecule has 1 atom stereocenters. The van der Waals surface area contributed by atoms with Gasteiger partial charge in [-0.1, -0.05) is 30.3 Å². The number of anilines is 1. The van der Waals surface area contributed by atoms with E-state index in [4.69, 9.17) is 5.73 Å². The normalized spacial score (nSPS) is 12.8. The van der Waals surface area contributed by atoms with Gasteiger partial charge in [-0.2, -0.15) is 0 Å². The van der Waals surface area contributed by atoms with Crippen LogP contribution in [0.25, 0.3) is 0 Å². The first kappa shape index (κ1) is 15.9. The molecule has 0 amide bonds. The molecule has 1 aromatic carbocycles. The van der Waals surface area contributed by atoms with Crippen LogP contribution in [0.5, 0.6) is 0 Å². The second kappa shape index (κ2) is 6.08. The third-order valence-electron chi connectivity index (χ3n) is 3.01. The first-order chi connectivity index (χ1) is 10.3. The average molecular weight is 322 g/mol. The molecule has 0 radical (unpaired) electrons. The van der Waals surface area contributed by atoms with Crippen molar-refractivity contribution in [3.05, 3.63) is 58.3 Å². The Kier molecular flexibility index (Phi) is 4.38. The van der Waals surface area contributed by atoms with Gasteiger partial charge in [-0.15, -0.1) is 0 Å². The molecule has 0 saturated heterocycles. The number of sulfonamides is 1. The number of pyridine rings is 1. The first-order valence-electron chi connectivity index (χ1n) is 6.28. The lowest BCUT2D eigenvalue weighted by molar-refractivity contribution is -0.384. The molecular formula is C13H14N4O4S. The Hall–Kier alpha value is -2.52. The molecule has 3 N–H and O–H groups in total. The van der Waals surface area contributed by atoms with Crippen molar-refractivity contribution in [1.29, 1.82) is 0 Å². The zero-order valence-electron chi connectivity index (χ0n) is 11.6. The highest BCUT2D eigenvalue weighted by molar-refractivity contribution is 7.89. The molecule has 2 aromatic rings. The van der Waals surface area contributed by atoms with E-state index in [0.717, 1.165) is 17.8 Å². The van der Waals surface area contributed by atoms with Crippen molar-refractivity contribution >= 4 is 21.5 Å². The van der Waals surface area contributed by atoms with E-state index < -0.39 is 26.7 Å². The van der Waals surface area contributed by atoms with Crippen LogP contribution >= 0.6 is 0 Å². The SMILES string of the molecule is CC(NS(=O)(=O)c1cnc(N)c([N+](=O)[O-])c1)c1ccccc1. The molecule has 0 bridgehead atoms. The summed E-state index contributed by atoms with van der Waals surface area (Å²) >= 11 is 0. The molecule has 0 saturated carbocycles. The van der Waals surface area contributed by atoms with Crippen LogP contribution in [0, 0.1) is 10.1 Å². The van der Waals surface area contributed by atoms with E-state index in [0.29, 0.717) is 0 Å². The minimum absolute atomic E-state index is 0.309.